The van der Waals surface area contributed by atoms with Crippen LogP contribution < -0.4 is 5.63 Å². The second-order valence-corrected chi connectivity index (χ2v) is 9.71. The Hall–Kier alpha value is -3.46. The number of sulfone groups is 1. The maximum absolute atomic E-state index is 12.9. The molecule has 0 aliphatic carbocycles. The molecule has 31 heavy (non-hydrogen) atoms. The van der Waals surface area contributed by atoms with Crippen LogP contribution in [0.2, 0.25) is 0 Å². The van der Waals surface area contributed by atoms with Crippen LogP contribution in [0.5, 0.6) is 0 Å². The summed E-state index contributed by atoms with van der Waals surface area (Å²) in [6, 6.07) is 10.7. The van der Waals surface area contributed by atoms with Gasteiger partial charge >= 0.3 is 11.6 Å². The van der Waals surface area contributed by atoms with E-state index in [1.807, 2.05) is 0 Å². The number of nitrogens with zero attached hydrogens (tertiary/aromatic N) is 1. The molecule has 2 aromatic carbocycles. The Labute approximate surface area is 177 Å². The maximum atomic E-state index is 12.9. The van der Waals surface area contributed by atoms with Gasteiger partial charge in [-0.3, -0.25) is 4.79 Å². The smallest absolute Gasteiger partial charge is 0.341 e. The van der Waals surface area contributed by atoms with Crippen molar-refractivity contribution in [3.8, 4) is 0 Å². The normalized spacial score (nSPS) is 13.8. The minimum Gasteiger partial charge on any atom is -0.478 e. The average Bonchev–Trinajstić information content (AvgIpc) is 2.73. The second kappa shape index (κ2) is 7.66. The van der Waals surface area contributed by atoms with Gasteiger partial charge in [-0.2, -0.15) is 0 Å². The molecule has 160 valence electrons. The molecule has 0 bridgehead atoms. The molecule has 0 unspecified atom stereocenters. The summed E-state index contributed by atoms with van der Waals surface area (Å²) in [4.78, 5) is 38.1. The molecule has 3 aromatic rings. The Morgan fingerprint density at radius 1 is 1.06 bits per heavy atom. The van der Waals surface area contributed by atoms with Crippen LogP contribution in [-0.4, -0.2) is 43.1 Å². The quantitative estimate of drug-likeness (QED) is 0.616. The summed E-state index contributed by atoms with van der Waals surface area (Å²) >= 11 is 0. The van der Waals surface area contributed by atoms with Crippen molar-refractivity contribution in [1.29, 1.82) is 0 Å². The third-order valence-electron chi connectivity index (χ3n) is 5.29. The number of para-hydroxylation sites is 1. The summed E-state index contributed by atoms with van der Waals surface area (Å²) in [5.41, 5.74) is 1.63. The molecule has 0 fully saturated rings. The lowest BCUT2D eigenvalue weighted by molar-refractivity contribution is 0.0692. The molecule has 1 aliphatic heterocycles. The first-order valence-corrected chi connectivity index (χ1v) is 11.6. The van der Waals surface area contributed by atoms with E-state index in [0.29, 0.717) is 35.0 Å². The van der Waals surface area contributed by atoms with E-state index in [1.54, 1.807) is 18.2 Å². The average molecular weight is 441 g/mol. The van der Waals surface area contributed by atoms with E-state index >= 15 is 0 Å². The van der Waals surface area contributed by atoms with Gasteiger partial charge in [0.15, 0.2) is 9.84 Å². The number of hydrogen-bond donors (Lipinski definition) is 1. The van der Waals surface area contributed by atoms with Crippen molar-refractivity contribution in [3.63, 3.8) is 0 Å². The van der Waals surface area contributed by atoms with Crippen LogP contribution in [0.3, 0.4) is 0 Å². The molecule has 0 radical (unpaired) electrons. The fraction of sp³-hybridized carbons (Fsp3) is 0.227. The highest BCUT2D eigenvalue weighted by Gasteiger charge is 2.27. The number of rotatable bonds is 4. The molecule has 0 atom stereocenters. The zero-order chi connectivity index (χ0) is 22.3. The van der Waals surface area contributed by atoms with Gasteiger partial charge in [0.05, 0.1) is 23.4 Å². The summed E-state index contributed by atoms with van der Waals surface area (Å²) in [6.45, 7) is 0.421. The van der Waals surface area contributed by atoms with E-state index < -0.39 is 21.4 Å². The van der Waals surface area contributed by atoms with Crippen molar-refractivity contribution in [2.75, 3.05) is 12.8 Å². The van der Waals surface area contributed by atoms with Crippen molar-refractivity contribution in [1.82, 2.24) is 4.90 Å². The van der Waals surface area contributed by atoms with Gasteiger partial charge in [-0.05, 0) is 36.2 Å². The number of fused-ring (bicyclic) bond motifs is 3. The van der Waals surface area contributed by atoms with Crippen LogP contribution in [0.15, 0.2) is 51.7 Å². The van der Waals surface area contributed by atoms with Crippen molar-refractivity contribution in [2.45, 2.75) is 18.7 Å². The van der Waals surface area contributed by atoms with Crippen LogP contribution in [0.4, 0.5) is 0 Å². The lowest BCUT2D eigenvalue weighted by Gasteiger charge is -2.29. The predicted molar refractivity (Wildman–Crippen MR) is 113 cm³/mol. The van der Waals surface area contributed by atoms with Gasteiger partial charge in [-0.15, -0.1) is 0 Å². The number of amides is 1. The molecular weight excluding hydrogens is 422 g/mol. The Morgan fingerprint density at radius 2 is 1.74 bits per heavy atom. The van der Waals surface area contributed by atoms with E-state index in [-0.39, 0.29) is 29.4 Å². The van der Waals surface area contributed by atoms with E-state index in [2.05, 4.69) is 0 Å². The summed E-state index contributed by atoms with van der Waals surface area (Å²) in [6.07, 6.45) is 1.54. The van der Waals surface area contributed by atoms with E-state index in [4.69, 9.17) is 9.52 Å². The van der Waals surface area contributed by atoms with E-state index in [0.717, 1.165) is 11.8 Å². The fourth-order valence-corrected chi connectivity index (χ4v) is 4.64. The maximum Gasteiger partial charge on any atom is 0.341 e. The fourth-order valence-electron chi connectivity index (χ4n) is 3.85. The molecule has 0 saturated heterocycles. The van der Waals surface area contributed by atoms with Gasteiger partial charge in [0, 0.05) is 29.3 Å². The van der Waals surface area contributed by atoms with Crippen LogP contribution in [0.1, 0.15) is 37.4 Å². The first-order valence-electron chi connectivity index (χ1n) is 9.51. The minimum absolute atomic E-state index is 0.0590. The Morgan fingerprint density at radius 3 is 2.39 bits per heavy atom. The highest BCUT2D eigenvalue weighted by Crippen LogP contribution is 2.28. The Bertz CT molecular complexity index is 1370. The standard InChI is InChI=1S/C22H19NO7S/c1-31(28,29)12-15-3-2-4-17-16-9-10-23(11-18(16)22(27)30-19(15)17)20(24)13-5-7-14(8-6-13)21(25)26/h2-8H,9-12H2,1H3,(H,25,26). The Balaban J connectivity index is 1.69. The van der Waals surface area contributed by atoms with Gasteiger partial charge < -0.3 is 14.4 Å². The molecule has 0 spiro atoms. The molecule has 1 N–H and O–H groups in total. The predicted octanol–water partition coefficient (Wildman–Crippen LogP) is 2.23. The van der Waals surface area contributed by atoms with Crippen molar-refractivity contribution in [2.24, 2.45) is 0 Å². The molecule has 9 heteroatoms. The van der Waals surface area contributed by atoms with Crippen LogP contribution in [-0.2, 0) is 28.6 Å². The van der Waals surface area contributed by atoms with Crippen molar-refractivity contribution < 1.29 is 27.5 Å². The summed E-state index contributed by atoms with van der Waals surface area (Å²) < 4.78 is 29.0. The van der Waals surface area contributed by atoms with Gasteiger partial charge in [0.2, 0.25) is 0 Å². The summed E-state index contributed by atoms with van der Waals surface area (Å²) in [7, 11) is -3.31. The molecule has 1 aromatic heterocycles. The molecule has 4 rings (SSSR count). The number of carbonyl (C=O) groups excluding carboxylic acids is 1. The molecular formula is C22H19NO7S. The lowest BCUT2D eigenvalue weighted by atomic mass is 9.96. The van der Waals surface area contributed by atoms with Gasteiger partial charge in [-0.1, -0.05) is 18.2 Å². The zero-order valence-electron chi connectivity index (χ0n) is 16.6. The van der Waals surface area contributed by atoms with E-state index in [1.165, 1.54) is 29.2 Å². The zero-order valence-corrected chi connectivity index (χ0v) is 17.4. The lowest BCUT2D eigenvalue weighted by Crippen LogP contribution is -2.38. The number of carboxylic acids is 1. The first kappa shape index (κ1) is 20.8. The Kier molecular flexibility index (Phi) is 5.14. The largest absolute Gasteiger partial charge is 0.478 e. The summed E-state index contributed by atoms with van der Waals surface area (Å²) in [5, 5.41) is 9.67. The number of benzene rings is 2. The number of hydrogen-bond acceptors (Lipinski definition) is 6. The highest BCUT2D eigenvalue weighted by atomic mass is 32.2. The van der Waals surface area contributed by atoms with E-state index in [9.17, 15) is 22.8 Å². The third-order valence-corrected chi connectivity index (χ3v) is 6.13. The molecule has 8 nitrogen and oxygen atoms in total. The van der Waals surface area contributed by atoms with Crippen LogP contribution in [0.25, 0.3) is 11.0 Å². The number of carbonyl (C=O) groups is 2. The SMILES string of the molecule is CS(=O)(=O)Cc1cccc2c3c(c(=O)oc12)CN(C(=O)c1ccc(C(=O)O)cc1)CC3. The molecule has 1 aliphatic rings. The highest BCUT2D eigenvalue weighted by molar-refractivity contribution is 7.89. The van der Waals surface area contributed by atoms with Gasteiger partial charge in [-0.25, -0.2) is 18.0 Å². The molecule has 0 saturated carbocycles. The molecule has 1 amide bonds. The van der Waals surface area contributed by atoms with Gasteiger partial charge in [0.25, 0.3) is 5.91 Å². The second-order valence-electron chi connectivity index (χ2n) is 7.57. The third kappa shape index (κ3) is 4.09. The number of carboxylic acid groups (broad SMARTS) is 1. The van der Waals surface area contributed by atoms with Crippen LogP contribution in [0, 0.1) is 0 Å². The summed E-state index contributed by atoms with van der Waals surface area (Å²) in [5.74, 6) is -1.62. The number of aromatic carboxylic acids is 1. The monoisotopic (exact) mass is 441 g/mol. The van der Waals surface area contributed by atoms with Gasteiger partial charge in [0.1, 0.15) is 5.58 Å². The van der Waals surface area contributed by atoms with Crippen molar-refractivity contribution in [3.05, 3.63) is 80.7 Å². The molecule has 2 heterocycles. The van der Waals surface area contributed by atoms with Crippen LogP contribution >= 0.6 is 0 Å². The minimum atomic E-state index is -3.31. The first-order chi connectivity index (χ1) is 14.6. The topological polar surface area (TPSA) is 122 Å². The van der Waals surface area contributed by atoms with Crippen molar-refractivity contribution >= 4 is 32.7 Å².